The average Bonchev–Trinajstić information content (AvgIpc) is 2.65. The molecule has 0 aromatic carbocycles. The van der Waals surface area contributed by atoms with Gasteiger partial charge in [0.2, 0.25) is 0 Å². The summed E-state index contributed by atoms with van der Waals surface area (Å²) in [5.74, 6) is 0. The third-order valence-electron chi connectivity index (χ3n) is 2.95. The number of rotatable bonds is 2. The summed E-state index contributed by atoms with van der Waals surface area (Å²) in [6, 6.07) is 2.30. The Bertz CT molecular complexity index is 291. The van der Waals surface area contributed by atoms with Gasteiger partial charge in [0.25, 0.3) is 0 Å². The second-order valence-electron chi connectivity index (χ2n) is 3.93. The topological polar surface area (TPSA) is 32.3 Å². The molecule has 14 heavy (non-hydrogen) atoms. The lowest BCUT2D eigenvalue weighted by Crippen LogP contribution is -2.38. The zero-order valence-corrected chi connectivity index (χ0v) is 9.31. The number of nitrogens with one attached hydrogen (secondary N) is 1. The molecule has 0 aliphatic carbocycles. The third kappa shape index (κ3) is 2.00. The van der Waals surface area contributed by atoms with Crippen molar-refractivity contribution in [2.45, 2.75) is 38.3 Å². The van der Waals surface area contributed by atoms with Crippen LogP contribution in [0.5, 0.6) is 0 Å². The second kappa shape index (κ2) is 4.43. The van der Waals surface area contributed by atoms with Crippen LogP contribution >= 0.6 is 11.3 Å². The van der Waals surface area contributed by atoms with E-state index in [1.165, 1.54) is 17.7 Å². The van der Waals surface area contributed by atoms with Gasteiger partial charge in [-0.3, -0.25) is 0 Å². The molecule has 1 aromatic rings. The highest BCUT2D eigenvalue weighted by Crippen LogP contribution is 2.27. The highest BCUT2D eigenvalue weighted by molar-refractivity contribution is 7.10. The minimum Gasteiger partial charge on any atom is -0.387 e. The number of hydrogen-bond donors (Lipinski definition) is 2. The molecule has 1 saturated heterocycles. The van der Waals surface area contributed by atoms with E-state index in [9.17, 15) is 5.11 Å². The molecule has 0 saturated carbocycles. The fourth-order valence-electron chi connectivity index (χ4n) is 2.07. The van der Waals surface area contributed by atoms with Crippen LogP contribution in [0.2, 0.25) is 0 Å². The van der Waals surface area contributed by atoms with Crippen LogP contribution < -0.4 is 5.32 Å². The summed E-state index contributed by atoms with van der Waals surface area (Å²) in [5, 5.41) is 15.6. The maximum absolute atomic E-state index is 10.2. The number of aliphatic hydroxyl groups excluding tert-OH is 1. The SMILES string of the molecule is Cc1sccc1C(O)C1CCCCN1. The van der Waals surface area contributed by atoms with Gasteiger partial charge in [0, 0.05) is 10.9 Å². The number of aryl methyl sites for hydroxylation is 1. The van der Waals surface area contributed by atoms with Gasteiger partial charge < -0.3 is 10.4 Å². The maximum Gasteiger partial charge on any atom is 0.0953 e. The lowest BCUT2D eigenvalue weighted by atomic mass is 9.95. The van der Waals surface area contributed by atoms with Gasteiger partial charge in [-0.25, -0.2) is 0 Å². The Balaban J connectivity index is 2.07. The molecule has 0 bridgehead atoms. The number of aliphatic hydroxyl groups is 1. The van der Waals surface area contributed by atoms with Crippen LogP contribution in [0.15, 0.2) is 11.4 Å². The third-order valence-corrected chi connectivity index (χ3v) is 3.81. The summed E-state index contributed by atoms with van der Waals surface area (Å²) < 4.78 is 0. The molecule has 1 fully saturated rings. The van der Waals surface area contributed by atoms with Gasteiger partial charge in [0.15, 0.2) is 0 Å². The van der Waals surface area contributed by atoms with E-state index in [-0.39, 0.29) is 12.1 Å². The van der Waals surface area contributed by atoms with Crippen LogP contribution in [0, 0.1) is 6.92 Å². The predicted molar refractivity (Wildman–Crippen MR) is 59.7 cm³/mol. The van der Waals surface area contributed by atoms with Crippen molar-refractivity contribution >= 4 is 11.3 Å². The largest absolute Gasteiger partial charge is 0.387 e. The first-order valence-corrected chi connectivity index (χ1v) is 6.12. The Morgan fingerprint density at radius 3 is 3.00 bits per heavy atom. The van der Waals surface area contributed by atoms with Crippen molar-refractivity contribution in [3.8, 4) is 0 Å². The Morgan fingerprint density at radius 1 is 1.57 bits per heavy atom. The fourth-order valence-corrected chi connectivity index (χ4v) is 2.81. The lowest BCUT2D eigenvalue weighted by Gasteiger charge is -2.28. The van der Waals surface area contributed by atoms with Crippen LogP contribution in [-0.2, 0) is 0 Å². The van der Waals surface area contributed by atoms with E-state index in [4.69, 9.17) is 0 Å². The van der Waals surface area contributed by atoms with Crippen molar-refractivity contribution in [3.05, 3.63) is 21.9 Å². The van der Waals surface area contributed by atoms with E-state index in [2.05, 4.69) is 17.6 Å². The van der Waals surface area contributed by atoms with Crippen LogP contribution in [0.25, 0.3) is 0 Å². The van der Waals surface area contributed by atoms with Gasteiger partial charge in [0.1, 0.15) is 0 Å². The van der Waals surface area contributed by atoms with Crippen molar-refractivity contribution in [2.75, 3.05) is 6.54 Å². The zero-order chi connectivity index (χ0) is 9.97. The molecular weight excluding hydrogens is 194 g/mol. The molecule has 78 valence electrons. The molecule has 2 rings (SSSR count). The molecule has 1 aliphatic rings. The van der Waals surface area contributed by atoms with Gasteiger partial charge in [-0.05, 0) is 43.3 Å². The summed E-state index contributed by atoms with van der Waals surface area (Å²) in [4.78, 5) is 1.24. The van der Waals surface area contributed by atoms with Crippen molar-refractivity contribution in [3.63, 3.8) is 0 Å². The van der Waals surface area contributed by atoms with Crippen molar-refractivity contribution in [2.24, 2.45) is 0 Å². The van der Waals surface area contributed by atoms with Crippen molar-refractivity contribution in [1.29, 1.82) is 0 Å². The summed E-state index contributed by atoms with van der Waals surface area (Å²) in [5.41, 5.74) is 1.11. The molecular formula is C11H17NOS. The summed E-state index contributed by atoms with van der Waals surface area (Å²) in [7, 11) is 0. The molecule has 2 atom stereocenters. The van der Waals surface area contributed by atoms with Crippen LogP contribution in [0.4, 0.5) is 0 Å². The molecule has 0 spiro atoms. The Morgan fingerprint density at radius 2 is 2.43 bits per heavy atom. The average molecular weight is 211 g/mol. The first-order chi connectivity index (χ1) is 6.79. The van der Waals surface area contributed by atoms with E-state index in [1.54, 1.807) is 11.3 Å². The monoisotopic (exact) mass is 211 g/mol. The van der Waals surface area contributed by atoms with Gasteiger partial charge >= 0.3 is 0 Å². The van der Waals surface area contributed by atoms with Crippen molar-refractivity contribution < 1.29 is 5.11 Å². The van der Waals surface area contributed by atoms with Gasteiger partial charge in [0.05, 0.1) is 6.10 Å². The van der Waals surface area contributed by atoms with Crippen molar-refractivity contribution in [1.82, 2.24) is 5.32 Å². The number of piperidine rings is 1. The molecule has 2 N–H and O–H groups in total. The zero-order valence-electron chi connectivity index (χ0n) is 8.49. The van der Waals surface area contributed by atoms with Crippen LogP contribution in [0.3, 0.4) is 0 Å². The van der Waals surface area contributed by atoms with Gasteiger partial charge in [-0.1, -0.05) is 6.42 Å². The van der Waals surface area contributed by atoms with Crippen LogP contribution in [0.1, 0.15) is 35.8 Å². The van der Waals surface area contributed by atoms with Gasteiger partial charge in [-0.2, -0.15) is 0 Å². The molecule has 2 nitrogen and oxygen atoms in total. The molecule has 1 aromatic heterocycles. The summed E-state index contributed by atoms with van der Waals surface area (Å²) >= 11 is 1.71. The molecule has 1 aliphatic heterocycles. The van der Waals surface area contributed by atoms with E-state index >= 15 is 0 Å². The fraction of sp³-hybridized carbons (Fsp3) is 0.636. The van der Waals surface area contributed by atoms with Crippen LogP contribution in [-0.4, -0.2) is 17.7 Å². The lowest BCUT2D eigenvalue weighted by molar-refractivity contribution is 0.114. The molecule has 2 heterocycles. The van der Waals surface area contributed by atoms with E-state index in [0.717, 1.165) is 18.5 Å². The molecule has 0 amide bonds. The Hall–Kier alpha value is -0.380. The first kappa shape index (κ1) is 10.1. The quantitative estimate of drug-likeness (QED) is 0.786. The minimum absolute atomic E-state index is 0.261. The molecule has 3 heteroatoms. The van der Waals surface area contributed by atoms with E-state index < -0.39 is 0 Å². The molecule has 2 unspecified atom stereocenters. The standard InChI is InChI=1S/C11H17NOS/c1-8-9(5-7-14-8)11(13)10-4-2-3-6-12-10/h5,7,10-13H,2-4,6H2,1H3. The molecule has 0 radical (unpaired) electrons. The summed E-state index contributed by atoms with van der Waals surface area (Å²) in [6.45, 7) is 3.12. The minimum atomic E-state index is -0.318. The summed E-state index contributed by atoms with van der Waals surface area (Å²) in [6.07, 6.45) is 3.25. The first-order valence-electron chi connectivity index (χ1n) is 5.24. The highest BCUT2D eigenvalue weighted by Gasteiger charge is 2.23. The Kier molecular flexibility index (Phi) is 3.21. The smallest absolute Gasteiger partial charge is 0.0953 e. The maximum atomic E-state index is 10.2. The van der Waals surface area contributed by atoms with E-state index in [1.807, 2.05) is 6.07 Å². The van der Waals surface area contributed by atoms with Gasteiger partial charge in [-0.15, -0.1) is 11.3 Å². The predicted octanol–water partition coefficient (Wildman–Crippen LogP) is 2.23. The van der Waals surface area contributed by atoms with E-state index in [0.29, 0.717) is 0 Å². The normalized spacial score (nSPS) is 24.9. The number of thiophene rings is 1. The highest BCUT2D eigenvalue weighted by atomic mass is 32.1. The Labute approximate surface area is 89.0 Å². The number of hydrogen-bond acceptors (Lipinski definition) is 3. The second-order valence-corrected chi connectivity index (χ2v) is 5.05.